The molecule has 17 heavy (non-hydrogen) atoms. The summed E-state index contributed by atoms with van der Waals surface area (Å²) in [6.07, 6.45) is 3.98. The van der Waals surface area contributed by atoms with Crippen LogP contribution in [0.15, 0.2) is 11.2 Å². The van der Waals surface area contributed by atoms with Gasteiger partial charge in [0, 0.05) is 6.54 Å². The molecule has 92 valence electrons. The Bertz CT molecular complexity index is 482. The second-order valence-corrected chi connectivity index (χ2v) is 4.84. The minimum atomic E-state index is 0.683. The van der Waals surface area contributed by atoms with Crippen LogP contribution < -0.4 is 5.32 Å². The van der Waals surface area contributed by atoms with Crippen molar-refractivity contribution in [3.63, 3.8) is 0 Å². The zero-order valence-electron chi connectivity index (χ0n) is 10.2. The number of anilines is 1. The van der Waals surface area contributed by atoms with Gasteiger partial charge in [-0.3, -0.25) is 5.10 Å². The standard InChI is InChI=1S/C11H17N5S/c1-3-5-12-11-14-9-8(7-13-16-9)10(15-11)17-6-4-2/h7H,3-6H2,1-2H3,(H2,12,13,14,15,16). The Hall–Kier alpha value is -1.30. The molecule has 0 radical (unpaired) electrons. The monoisotopic (exact) mass is 251 g/mol. The van der Waals surface area contributed by atoms with E-state index >= 15 is 0 Å². The Labute approximate surface area is 105 Å². The first kappa shape index (κ1) is 12.2. The lowest BCUT2D eigenvalue weighted by molar-refractivity contribution is 0.943. The third kappa shape index (κ3) is 2.88. The van der Waals surface area contributed by atoms with Crippen LogP contribution >= 0.6 is 11.8 Å². The molecule has 0 aliphatic heterocycles. The number of H-pyrrole nitrogens is 1. The Morgan fingerprint density at radius 3 is 2.94 bits per heavy atom. The second-order valence-electron chi connectivity index (χ2n) is 3.76. The van der Waals surface area contributed by atoms with Gasteiger partial charge < -0.3 is 5.32 Å². The van der Waals surface area contributed by atoms with Crippen LogP contribution in [0.25, 0.3) is 11.0 Å². The van der Waals surface area contributed by atoms with Gasteiger partial charge in [0.25, 0.3) is 0 Å². The van der Waals surface area contributed by atoms with E-state index in [0.717, 1.165) is 41.2 Å². The fourth-order valence-corrected chi connectivity index (χ4v) is 2.29. The van der Waals surface area contributed by atoms with Gasteiger partial charge in [-0.2, -0.15) is 10.1 Å². The van der Waals surface area contributed by atoms with E-state index in [1.165, 1.54) is 0 Å². The summed E-state index contributed by atoms with van der Waals surface area (Å²) < 4.78 is 0. The Balaban J connectivity index is 2.29. The summed E-state index contributed by atoms with van der Waals surface area (Å²) in [5.74, 6) is 1.74. The SMILES string of the molecule is CCCNc1nc(SCCC)c2cn[nH]c2n1. The average molecular weight is 251 g/mol. The lowest BCUT2D eigenvalue weighted by Crippen LogP contribution is -2.05. The molecule has 0 saturated heterocycles. The van der Waals surface area contributed by atoms with Crippen LogP contribution in [0, 0.1) is 0 Å². The molecule has 2 N–H and O–H groups in total. The Morgan fingerprint density at radius 1 is 1.29 bits per heavy atom. The van der Waals surface area contributed by atoms with E-state index in [-0.39, 0.29) is 0 Å². The van der Waals surface area contributed by atoms with Crippen LogP contribution in [0.3, 0.4) is 0 Å². The molecule has 0 spiro atoms. The summed E-state index contributed by atoms with van der Waals surface area (Å²) in [6.45, 7) is 5.17. The molecule has 0 aromatic carbocycles. The third-order valence-electron chi connectivity index (χ3n) is 2.25. The smallest absolute Gasteiger partial charge is 0.225 e. The molecule has 6 heteroatoms. The van der Waals surface area contributed by atoms with Gasteiger partial charge in [0.15, 0.2) is 5.65 Å². The van der Waals surface area contributed by atoms with Gasteiger partial charge >= 0.3 is 0 Å². The van der Waals surface area contributed by atoms with E-state index in [1.807, 2.05) is 0 Å². The Morgan fingerprint density at radius 2 is 2.18 bits per heavy atom. The van der Waals surface area contributed by atoms with Crippen LogP contribution in [-0.4, -0.2) is 32.5 Å². The highest BCUT2D eigenvalue weighted by atomic mass is 32.2. The zero-order chi connectivity index (χ0) is 12.1. The van der Waals surface area contributed by atoms with E-state index in [4.69, 9.17) is 0 Å². The molecule has 5 nitrogen and oxygen atoms in total. The highest BCUT2D eigenvalue weighted by Gasteiger charge is 2.09. The Kier molecular flexibility index (Phi) is 4.19. The normalized spacial score (nSPS) is 10.9. The zero-order valence-corrected chi connectivity index (χ0v) is 11.0. The van der Waals surface area contributed by atoms with Crippen molar-refractivity contribution in [3.8, 4) is 0 Å². The largest absolute Gasteiger partial charge is 0.354 e. The van der Waals surface area contributed by atoms with Gasteiger partial charge in [-0.05, 0) is 18.6 Å². The molecule has 0 aliphatic carbocycles. The minimum absolute atomic E-state index is 0.683. The summed E-state index contributed by atoms with van der Waals surface area (Å²) in [5.41, 5.74) is 0.803. The van der Waals surface area contributed by atoms with E-state index in [9.17, 15) is 0 Å². The molecule has 2 rings (SSSR count). The van der Waals surface area contributed by atoms with Crippen molar-refractivity contribution in [1.29, 1.82) is 0 Å². The summed E-state index contributed by atoms with van der Waals surface area (Å²) in [6, 6.07) is 0. The van der Waals surface area contributed by atoms with Crippen LogP contribution in [0.1, 0.15) is 26.7 Å². The molecule has 0 aliphatic rings. The van der Waals surface area contributed by atoms with Crippen molar-refractivity contribution in [2.75, 3.05) is 17.6 Å². The summed E-state index contributed by atoms with van der Waals surface area (Å²) in [4.78, 5) is 8.92. The van der Waals surface area contributed by atoms with Crippen LogP contribution in [0.5, 0.6) is 0 Å². The maximum absolute atomic E-state index is 4.53. The van der Waals surface area contributed by atoms with Gasteiger partial charge in [-0.1, -0.05) is 13.8 Å². The predicted octanol–water partition coefficient (Wildman–Crippen LogP) is 2.68. The predicted molar refractivity (Wildman–Crippen MR) is 71.5 cm³/mol. The van der Waals surface area contributed by atoms with Crippen molar-refractivity contribution in [3.05, 3.63) is 6.20 Å². The maximum atomic E-state index is 4.53. The molecule has 0 bridgehead atoms. The molecular weight excluding hydrogens is 234 g/mol. The fourth-order valence-electron chi connectivity index (χ4n) is 1.43. The topological polar surface area (TPSA) is 66.5 Å². The summed E-state index contributed by atoms with van der Waals surface area (Å²) >= 11 is 1.75. The molecule has 0 saturated carbocycles. The van der Waals surface area contributed by atoms with Gasteiger partial charge in [0.2, 0.25) is 5.95 Å². The number of aromatic amines is 1. The molecular formula is C11H17N5S. The van der Waals surface area contributed by atoms with Gasteiger partial charge in [0.05, 0.1) is 11.6 Å². The van der Waals surface area contributed by atoms with Crippen molar-refractivity contribution in [1.82, 2.24) is 20.2 Å². The molecule has 2 heterocycles. The molecule has 0 atom stereocenters. The van der Waals surface area contributed by atoms with Gasteiger partial charge in [0.1, 0.15) is 5.03 Å². The number of nitrogens with zero attached hydrogens (tertiary/aromatic N) is 3. The number of hydrogen-bond donors (Lipinski definition) is 2. The van der Waals surface area contributed by atoms with Crippen molar-refractivity contribution in [2.24, 2.45) is 0 Å². The maximum Gasteiger partial charge on any atom is 0.225 e. The van der Waals surface area contributed by atoms with Crippen molar-refractivity contribution >= 4 is 28.7 Å². The first-order chi connectivity index (χ1) is 8.35. The van der Waals surface area contributed by atoms with Crippen molar-refractivity contribution in [2.45, 2.75) is 31.7 Å². The van der Waals surface area contributed by atoms with Crippen LogP contribution in [-0.2, 0) is 0 Å². The van der Waals surface area contributed by atoms with Crippen LogP contribution in [0.2, 0.25) is 0 Å². The molecule has 0 unspecified atom stereocenters. The van der Waals surface area contributed by atoms with E-state index in [0.29, 0.717) is 5.95 Å². The van der Waals surface area contributed by atoms with Crippen molar-refractivity contribution < 1.29 is 0 Å². The number of rotatable bonds is 6. The third-order valence-corrected chi connectivity index (χ3v) is 3.45. The molecule has 0 fully saturated rings. The van der Waals surface area contributed by atoms with E-state index in [1.54, 1.807) is 18.0 Å². The van der Waals surface area contributed by atoms with E-state index < -0.39 is 0 Å². The fraction of sp³-hybridized carbons (Fsp3) is 0.545. The molecule has 2 aromatic heterocycles. The molecule has 0 amide bonds. The summed E-state index contributed by atoms with van der Waals surface area (Å²) in [7, 11) is 0. The highest BCUT2D eigenvalue weighted by Crippen LogP contribution is 2.25. The first-order valence-corrected chi connectivity index (χ1v) is 6.91. The number of thioether (sulfide) groups is 1. The lowest BCUT2D eigenvalue weighted by Gasteiger charge is -2.06. The van der Waals surface area contributed by atoms with Gasteiger partial charge in [-0.25, -0.2) is 4.98 Å². The number of hydrogen-bond acceptors (Lipinski definition) is 5. The van der Waals surface area contributed by atoms with Crippen LogP contribution in [0.4, 0.5) is 5.95 Å². The average Bonchev–Trinajstić information content (AvgIpc) is 2.81. The molecule has 2 aromatic rings. The quantitative estimate of drug-likeness (QED) is 0.610. The second kappa shape index (κ2) is 5.86. The summed E-state index contributed by atoms with van der Waals surface area (Å²) in [5, 5.41) is 12.1. The van der Waals surface area contributed by atoms with E-state index in [2.05, 4.69) is 39.3 Å². The number of fused-ring (bicyclic) bond motifs is 1. The minimum Gasteiger partial charge on any atom is -0.354 e. The number of aromatic nitrogens is 4. The number of nitrogens with one attached hydrogen (secondary N) is 2. The lowest BCUT2D eigenvalue weighted by atomic mass is 10.4. The first-order valence-electron chi connectivity index (χ1n) is 5.93. The van der Waals surface area contributed by atoms with Gasteiger partial charge in [-0.15, -0.1) is 11.8 Å². The highest BCUT2D eigenvalue weighted by molar-refractivity contribution is 7.99.